The second-order valence-corrected chi connectivity index (χ2v) is 6.83. The van der Waals surface area contributed by atoms with Gasteiger partial charge >= 0.3 is 0 Å². The van der Waals surface area contributed by atoms with Crippen LogP contribution in [0.4, 0.5) is 0 Å². The molecular formula is C14H22N2O2S. The van der Waals surface area contributed by atoms with E-state index < -0.39 is 10.0 Å². The molecule has 1 aliphatic rings. The fourth-order valence-corrected chi connectivity index (χ4v) is 3.83. The van der Waals surface area contributed by atoms with Gasteiger partial charge in [0.25, 0.3) is 0 Å². The number of sulfonamides is 1. The number of aryl methyl sites for hydroxylation is 1. The third-order valence-corrected chi connectivity index (χ3v) is 5.17. The number of piperidine rings is 1. The Morgan fingerprint density at radius 1 is 1.42 bits per heavy atom. The molecule has 1 saturated heterocycles. The van der Waals surface area contributed by atoms with Crippen LogP contribution in [0, 0.1) is 0 Å². The largest absolute Gasteiger partial charge is 0.313 e. The zero-order valence-electron chi connectivity index (χ0n) is 11.5. The van der Waals surface area contributed by atoms with Crippen molar-refractivity contribution < 1.29 is 8.42 Å². The van der Waals surface area contributed by atoms with E-state index in [1.807, 2.05) is 19.9 Å². The lowest BCUT2D eigenvalue weighted by Crippen LogP contribution is -2.51. The van der Waals surface area contributed by atoms with Crippen molar-refractivity contribution >= 4 is 10.0 Å². The first kappa shape index (κ1) is 14.5. The maximum absolute atomic E-state index is 12.4. The molecule has 0 aliphatic carbocycles. The maximum Gasteiger partial charge on any atom is 0.240 e. The molecule has 0 aromatic heterocycles. The molecule has 0 radical (unpaired) electrons. The zero-order valence-corrected chi connectivity index (χ0v) is 12.3. The minimum Gasteiger partial charge on any atom is -0.313 e. The summed E-state index contributed by atoms with van der Waals surface area (Å²) in [7, 11) is -3.42. The van der Waals surface area contributed by atoms with Crippen molar-refractivity contribution in [3.05, 3.63) is 29.8 Å². The Hall–Kier alpha value is -0.910. The number of benzene rings is 1. The van der Waals surface area contributed by atoms with Crippen LogP contribution in [0.5, 0.6) is 0 Å². The minimum atomic E-state index is -3.42. The van der Waals surface area contributed by atoms with E-state index in [4.69, 9.17) is 0 Å². The molecule has 1 aromatic rings. The summed E-state index contributed by atoms with van der Waals surface area (Å²) in [6.45, 7) is 5.01. The van der Waals surface area contributed by atoms with Crippen molar-refractivity contribution in [2.24, 2.45) is 0 Å². The van der Waals surface area contributed by atoms with Crippen LogP contribution in [0.1, 0.15) is 32.3 Å². The average Bonchev–Trinajstić information content (AvgIpc) is 2.41. The molecule has 1 aliphatic heterocycles. The summed E-state index contributed by atoms with van der Waals surface area (Å²) in [5.74, 6) is 0. The van der Waals surface area contributed by atoms with Crippen LogP contribution in [0.2, 0.25) is 0 Å². The summed E-state index contributed by atoms with van der Waals surface area (Å²) in [6.07, 6.45) is 2.73. The smallest absolute Gasteiger partial charge is 0.240 e. The predicted molar refractivity (Wildman–Crippen MR) is 76.6 cm³/mol. The average molecular weight is 282 g/mol. The second kappa shape index (κ2) is 6.03. The summed E-state index contributed by atoms with van der Waals surface area (Å²) in [5, 5.41) is 3.30. The van der Waals surface area contributed by atoms with Gasteiger partial charge in [-0.2, -0.15) is 0 Å². The number of nitrogens with one attached hydrogen (secondary N) is 2. The van der Waals surface area contributed by atoms with Crippen LogP contribution in [0.25, 0.3) is 0 Å². The van der Waals surface area contributed by atoms with Crippen molar-refractivity contribution in [2.75, 3.05) is 6.54 Å². The van der Waals surface area contributed by atoms with Gasteiger partial charge in [0, 0.05) is 12.1 Å². The third kappa shape index (κ3) is 3.55. The van der Waals surface area contributed by atoms with Gasteiger partial charge in [0.05, 0.1) is 4.90 Å². The van der Waals surface area contributed by atoms with Crippen LogP contribution >= 0.6 is 0 Å². The van der Waals surface area contributed by atoms with E-state index in [0.717, 1.165) is 31.4 Å². The predicted octanol–water partition coefficient (Wildman–Crippen LogP) is 1.67. The summed E-state index contributed by atoms with van der Waals surface area (Å²) >= 11 is 0. The highest BCUT2D eigenvalue weighted by Gasteiger charge is 2.26. The summed E-state index contributed by atoms with van der Waals surface area (Å²) in [6, 6.07) is 7.31. The summed E-state index contributed by atoms with van der Waals surface area (Å²) in [4.78, 5) is 0.365. The van der Waals surface area contributed by atoms with Gasteiger partial charge in [-0.1, -0.05) is 19.1 Å². The SMILES string of the molecule is CCc1cccc(S(=O)(=O)NC2CCCNC2C)c1. The number of hydrogen-bond acceptors (Lipinski definition) is 3. The highest BCUT2D eigenvalue weighted by molar-refractivity contribution is 7.89. The van der Waals surface area contributed by atoms with Gasteiger partial charge in [0.1, 0.15) is 0 Å². The first-order chi connectivity index (χ1) is 9.03. The lowest BCUT2D eigenvalue weighted by atomic mass is 10.0. The lowest BCUT2D eigenvalue weighted by molar-refractivity contribution is 0.349. The monoisotopic (exact) mass is 282 g/mol. The molecule has 106 valence electrons. The van der Waals surface area contributed by atoms with Crippen LogP contribution in [-0.2, 0) is 16.4 Å². The molecular weight excluding hydrogens is 260 g/mol. The molecule has 0 spiro atoms. The Labute approximate surface area is 115 Å². The highest BCUT2D eigenvalue weighted by Crippen LogP contribution is 2.15. The highest BCUT2D eigenvalue weighted by atomic mass is 32.2. The van der Waals surface area contributed by atoms with Crippen LogP contribution in [0.15, 0.2) is 29.2 Å². The van der Waals surface area contributed by atoms with Crippen LogP contribution in [0.3, 0.4) is 0 Å². The van der Waals surface area contributed by atoms with Gasteiger partial charge in [0.2, 0.25) is 10.0 Å². The van der Waals surface area contributed by atoms with Gasteiger partial charge in [-0.05, 0) is 50.4 Å². The van der Waals surface area contributed by atoms with Crippen LogP contribution in [-0.4, -0.2) is 27.0 Å². The first-order valence-electron chi connectivity index (χ1n) is 6.87. The van der Waals surface area contributed by atoms with Crippen molar-refractivity contribution in [1.29, 1.82) is 0 Å². The topological polar surface area (TPSA) is 58.2 Å². The Bertz CT molecular complexity index is 528. The fourth-order valence-electron chi connectivity index (χ4n) is 2.40. The molecule has 5 heteroatoms. The molecule has 0 amide bonds. The quantitative estimate of drug-likeness (QED) is 0.883. The first-order valence-corrected chi connectivity index (χ1v) is 8.36. The van der Waals surface area contributed by atoms with Gasteiger partial charge < -0.3 is 5.32 Å². The standard InChI is InChI=1S/C14H22N2O2S/c1-3-12-6-4-7-13(10-12)19(17,18)16-14-8-5-9-15-11(14)2/h4,6-7,10-11,14-16H,3,5,8-9H2,1-2H3. The number of rotatable bonds is 4. The minimum absolute atomic E-state index is 0.0240. The fraction of sp³-hybridized carbons (Fsp3) is 0.571. The van der Waals surface area contributed by atoms with E-state index >= 15 is 0 Å². The van der Waals surface area contributed by atoms with E-state index in [9.17, 15) is 8.42 Å². The summed E-state index contributed by atoms with van der Waals surface area (Å²) < 4.78 is 27.6. The third-order valence-electron chi connectivity index (χ3n) is 3.69. The molecule has 1 aromatic carbocycles. The molecule has 0 bridgehead atoms. The van der Waals surface area contributed by atoms with Crippen LogP contribution < -0.4 is 10.0 Å². The molecule has 0 saturated carbocycles. The summed E-state index contributed by atoms with van der Waals surface area (Å²) in [5.41, 5.74) is 1.04. The second-order valence-electron chi connectivity index (χ2n) is 5.11. The van der Waals surface area contributed by atoms with E-state index in [1.54, 1.807) is 18.2 Å². The van der Waals surface area contributed by atoms with Gasteiger partial charge in [0.15, 0.2) is 0 Å². The van der Waals surface area contributed by atoms with Crippen molar-refractivity contribution in [3.63, 3.8) is 0 Å². The molecule has 2 rings (SSSR count). The molecule has 2 atom stereocenters. The Morgan fingerprint density at radius 3 is 2.89 bits per heavy atom. The normalized spacial score (nSPS) is 24.3. The van der Waals surface area contributed by atoms with Gasteiger partial charge in [-0.15, -0.1) is 0 Å². The zero-order chi connectivity index (χ0) is 13.9. The number of hydrogen-bond donors (Lipinski definition) is 2. The lowest BCUT2D eigenvalue weighted by Gasteiger charge is -2.30. The van der Waals surface area contributed by atoms with E-state index in [1.165, 1.54) is 0 Å². The van der Waals surface area contributed by atoms with Gasteiger partial charge in [-0.25, -0.2) is 13.1 Å². The molecule has 2 unspecified atom stereocenters. The van der Waals surface area contributed by atoms with Crippen molar-refractivity contribution in [2.45, 2.75) is 50.1 Å². The molecule has 19 heavy (non-hydrogen) atoms. The Morgan fingerprint density at radius 2 is 2.21 bits per heavy atom. The molecule has 2 N–H and O–H groups in total. The van der Waals surface area contributed by atoms with E-state index in [-0.39, 0.29) is 12.1 Å². The van der Waals surface area contributed by atoms with E-state index in [0.29, 0.717) is 4.90 Å². The molecule has 1 fully saturated rings. The Balaban J connectivity index is 2.17. The molecule has 1 heterocycles. The maximum atomic E-state index is 12.4. The van der Waals surface area contributed by atoms with Crippen molar-refractivity contribution in [3.8, 4) is 0 Å². The Kier molecular flexibility index (Phi) is 4.60. The van der Waals surface area contributed by atoms with E-state index in [2.05, 4.69) is 10.0 Å². The van der Waals surface area contributed by atoms with Crippen molar-refractivity contribution in [1.82, 2.24) is 10.0 Å². The molecule has 4 nitrogen and oxygen atoms in total. The van der Waals surface area contributed by atoms with Gasteiger partial charge in [-0.3, -0.25) is 0 Å².